The topological polar surface area (TPSA) is 85.2 Å². The first kappa shape index (κ1) is 22.3. The number of anilines is 1. The van der Waals surface area contributed by atoms with Crippen LogP contribution in [0.3, 0.4) is 0 Å². The van der Waals surface area contributed by atoms with Crippen LogP contribution in [0.4, 0.5) is 5.69 Å². The summed E-state index contributed by atoms with van der Waals surface area (Å²) in [7, 11) is 7.27. The minimum atomic E-state index is -0.437. The van der Waals surface area contributed by atoms with Crippen LogP contribution < -0.4 is 10.2 Å². The molecule has 0 saturated heterocycles. The van der Waals surface area contributed by atoms with Gasteiger partial charge in [-0.05, 0) is 42.0 Å². The van der Waals surface area contributed by atoms with E-state index in [9.17, 15) is 9.90 Å². The lowest BCUT2D eigenvalue weighted by molar-refractivity contribution is -0.114. The highest BCUT2D eigenvalue weighted by Gasteiger charge is 2.13. The van der Waals surface area contributed by atoms with Crippen molar-refractivity contribution in [3.8, 4) is 5.75 Å². The molecule has 0 saturated carbocycles. The molecule has 0 spiro atoms. The van der Waals surface area contributed by atoms with Crippen LogP contribution in [0.15, 0.2) is 52.5 Å². The smallest absolute Gasteiger partial charge is 0.269 e. The van der Waals surface area contributed by atoms with Gasteiger partial charge in [0.25, 0.3) is 5.91 Å². The molecule has 0 aliphatic heterocycles. The molecule has 150 valence electrons. The van der Waals surface area contributed by atoms with E-state index in [4.69, 9.17) is 16.8 Å². The molecule has 2 rings (SSSR count). The molecule has 0 aliphatic carbocycles. The van der Waals surface area contributed by atoms with Crippen LogP contribution in [-0.2, 0) is 11.2 Å². The molecule has 0 aromatic heterocycles. The van der Waals surface area contributed by atoms with Crippen LogP contribution in [0.25, 0.3) is 0 Å². The van der Waals surface area contributed by atoms with Gasteiger partial charge in [-0.25, -0.2) is 0 Å². The molecule has 9 heteroatoms. The van der Waals surface area contributed by atoms with Gasteiger partial charge in [0.05, 0.1) is 5.02 Å². The minimum Gasteiger partial charge on any atom is -0.506 e. The summed E-state index contributed by atoms with van der Waals surface area (Å²) in [6.07, 6.45) is 0.114. The van der Waals surface area contributed by atoms with Crippen molar-refractivity contribution in [2.45, 2.75) is 11.3 Å². The van der Waals surface area contributed by atoms with Gasteiger partial charge in [-0.15, -0.1) is 0 Å². The molecule has 0 aliphatic rings. The van der Waals surface area contributed by atoms with Crippen LogP contribution >= 0.6 is 33.2 Å². The van der Waals surface area contributed by atoms with E-state index < -0.39 is 5.91 Å². The van der Waals surface area contributed by atoms with E-state index >= 15 is 0 Å². The Morgan fingerprint density at radius 3 is 2.54 bits per heavy atom. The van der Waals surface area contributed by atoms with Crippen molar-refractivity contribution in [1.29, 1.82) is 0 Å². The van der Waals surface area contributed by atoms with Crippen LogP contribution in [0, 0.1) is 0 Å². The molecule has 0 heterocycles. The molecule has 28 heavy (non-hydrogen) atoms. The second-order valence-electron chi connectivity index (χ2n) is 6.06. The average Bonchev–Trinajstić information content (AvgIpc) is 2.68. The van der Waals surface area contributed by atoms with E-state index in [1.54, 1.807) is 27.7 Å². The lowest BCUT2D eigenvalue weighted by Gasteiger charge is -2.12. The van der Waals surface area contributed by atoms with Crippen molar-refractivity contribution in [2.75, 3.05) is 31.3 Å². The predicted octanol–water partition coefficient (Wildman–Crippen LogP) is 4.04. The lowest BCUT2D eigenvalue weighted by atomic mass is 10.1. The fraction of sp³-hybridized carbons (Fsp3) is 0.263. The first-order chi connectivity index (χ1) is 13.4. The number of rotatable bonds is 9. The van der Waals surface area contributed by atoms with Crippen molar-refractivity contribution in [3.63, 3.8) is 0 Å². The first-order valence-electron chi connectivity index (χ1n) is 8.44. The van der Waals surface area contributed by atoms with E-state index in [2.05, 4.69) is 34.7 Å². The number of carbonyl (C=O) groups is 1. The minimum absolute atomic E-state index is 0.0151. The van der Waals surface area contributed by atoms with E-state index in [1.807, 2.05) is 19.0 Å². The first-order valence-corrected chi connectivity index (χ1v) is 11.1. The molecule has 6 nitrogen and oxygen atoms in total. The van der Waals surface area contributed by atoms with Gasteiger partial charge < -0.3 is 20.5 Å². The molecule has 3 N–H and O–H groups in total. The summed E-state index contributed by atoms with van der Waals surface area (Å²) in [5, 5.41) is 24.6. The van der Waals surface area contributed by atoms with Crippen molar-refractivity contribution in [2.24, 2.45) is 5.16 Å². The third kappa shape index (κ3) is 6.85. The van der Waals surface area contributed by atoms with Gasteiger partial charge in [-0.3, -0.25) is 4.79 Å². The highest BCUT2D eigenvalue weighted by molar-refractivity contribution is 8.76. The standard InChI is InChI=1S/C19H22ClN3O3S2/c1-23(2)14-4-6-15(7-5-14)28-27-10-9-21-19(25)17(22-26)12-13-3-8-18(24)16(20)11-13/h3-8,11,24,26H,9-10,12H2,1-2H3,(H,21,25)/b22-17+. The van der Waals surface area contributed by atoms with E-state index in [0.717, 1.165) is 10.6 Å². The summed E-state index contributed by atoms with van der Waals surface area (Å²) in [6.45, 7) is 0.446. The van der Waals surface area contributed by atoms with Gasteiger partial charge in [-0.1, -0.05) is 44.4 Å². The number of carbonyl (C=O) groups excluding carboxylic acids is 1. The van der Waals surface area contributed by atoms with Gasteiger partial charge >= 0.3 is 0 Å². The molecule has 0 radical (unpaired) electrons. The number of amides is 1. The molecule has 2 aromatic carbocycles. The maximum atomic E-state index is 12.2. The summed E-state index contributed by atoms with van der Waals surface area (Å²) in [5.74, 6) is 0.228. The van der Waals surface area contributed by atoms with E-state index in [-0.39, 0.29) is 22.9 Å². The Labute approximate surface area is 177 Å². The maximum absolute atomic E-state index is 12.2. The quantitative estimate of drug-likeness (QED) is 0.180. The zero-order chi connectivity index (χ0) is 20.5. The summed E-state index contributed by atoms with van der Waals surface area (Å²) < 4.78 is 0. The molecule has 2 aromatic rings. The molecular weight excluding hydrogens is 418 g/mol. The monoisotopic (exact) mass is 439 g/mol. The number of phenols is 1. The average molecular weight is 440 g/mol. The number of oxime groups is 1. The van der Waals surface area contributed by atoms with E-state index in [0.29, 0.717) is 17.9 Å². The number of aromatic hydroxyl groups is 1. The largest absolute Gasteiger partial charge is 0.506 e. The van der Waals surface area contributed by atoms with Crippen molar-refractivity contribution >= 4 is 50.5 Å². The summed E-state index contributed by atoms with van der Waals surface area (Å²) >= 11 is 5.85. The number of benzene rings is 2. The highest BCUT2D eigenvalue weighted by atomic mass is 35.5. The second kappa shape index (κ2) is 11.1. The number of nitrogens with zero attached hydrogens (tertiary/aromatic N) is 2. The summed E-state index contributed by atoms with van der Waals surface area (Å²) in [6, 6.07) is 12.8. The number of nitrogens with one attached hydrogen (secondary N) is 1. The number of hydrogen-bond acceptors (Lipinski definition) is 7. The van der Waals surface area contributed by atoms with Gasteiger partial charge in [0.15, 0.2) is 0 Å². The predicted molar refractivity (Wildman–Crippen MR) is 118 cm³/mol. The third-order valence-corrected chi connectivity index (χ3v) is 6.43. The fourth-order valence-corrected chi connectivity index (χ4v) is 4.33. The Kier molecular flexibility index (Phi) is 8.82. The van der Waals surface area contributed by atoms with Crippen LogP contribution in [0.2, 0.25) is 5.02 Å². The van der Waals surface area contributed by atoms with Gasteiger partial charge in [0, 0.05) is 43.4 Å². The van der Waals surface area contributed by atoms with Gasteiger partial charge in [0.2, 0.25) is 0 Å². The maximum Gasteiger partial charge on any atom is 0.269 e. The normalized spacial score (nSPS) is 11.3. The van der Waals surface area contributed by atoms with Crippen LogP contribution in [0.1, 0.15) is 5.56 Å². The fourth-order valence-electron chi connectivity index (χ4n) is 2.23. The Hall–Kier alpha value is -2.03. The highest BCUT2D eigenvalue weighted by Crippen LogP contribution is 2.31. The Balaban J connectivity index is 1.73. The number of hydrogen-bond donors (Lipinski definition) is 3. The summed E-state index contributed by atoms with van der Waals surface area (Å²) in [5.41, 5.74) is 1.79. The Bertz CT molecular complexity index is 830. The van der Waals surface area contributed by atoms with Gasteiger partial charge in [0.1, 0.15) is 11.5 Å². The Morgan fingerprint density at radius 1 is 1.21 bits per heavy atom. The molecular formula is C19H22ClN3O3S2. The van der Waals surface area contributed by atoms with Crippen molar-refractivity contribution < 1.29 is 15.1 Å². The third-order valence-electron chi connectivity index (χ3n) is 3.75. The van der Waals surface area contributed by atoms with E-state index in [1.165, 1.54) is 12.1 Å². The van der Waals surface area contributed by atoms with Crippen molar-refractivity contribution in [3.05, 3.63) is 53.1 Å². The second-order valence-corrected chi connectivity index (χ2v) is 8.96. The lowest BCUT2D eigenvalue weighted by Crippen LogP contribution is -2.33. The zero-order valence-electron chi connectivity index (χ0n) is 15.6. The Morgan fingerprint density at radius 2 is 1.93 bits per heavy atom. The molecule has 0 bridgehead atoms. The number of halogens is 1. The zero-order valence-corrected chi connectivity index (χ0v) is 17.9. The number of phenolic OH excluding ortho intramolecular Hbond substituents is 1. The van der Waals surface area contributed by atoms with Gasteiger partial charge in [-0.2, -0.15) is 0 Å². The SMILES string of the molecule is CN(C)c1ccc(SSCCNC(=O)/C(Cc2ccc(O)c(Cl)c2)=N/O)cc1. The molecule has 1 amide bonds. The molecule has 0 fully saturated rings. The molecule has 0 atom stereocenters. The molecule has 0 unspecified atom stereocenters. The van der Waals surface area contributed by atoms with Crippen molar-refractivity contribution in [1.82, 2.24) is 5.32 Å². The van der Waals surface area contributed by atoms with Crippen LogP contribution in [0.5, 0.6) is 5.75 Å². The summed E-state index contributed by atoms with van der Waals surface area (Å²) in [4.78, 5) is 15.3. The van der Waals surface area contributed by atoms with Crippen LogP contribution in [-0.4, -0.2) is 48.3 Å².